The molecule has 0 aliphatic carbocycles. The minimum absolute atomic E-state index is 0.0778. The van der Waals surface area contributed by atoms with Gasteiger partial charge in [0.2, 0.25) is 5.91 Å². The molecule has 0 aliphatic rings. The van der Waals surface area contributed by atoms with Gasteiger partial charge in [-0.3, -0.25) is 9.59 Å². The van der Waals surface area contributed by atoms with Crippen LogP contribution in [-0.4, -0.2) is 24.1 Å². The second kappa shape index (κ2) is 7.83. The Labute approximate surface area is 140 Å². The highest BCUT2D eigenvalue weighted by atomic mass is 32.2. The second-order valence-corrected chi connectivity index (χ2v) is 6.38. The SMILES string of the molecule is COc1ccccc1SC(C)C(=O)Nc1ccccc1C(C)=O. The Kier molecular flexibility index (Phi) is 5.82. The summed E-state index contributed by atoms with van der Waals surface area (Å²) in [6.07, 6.45) is 0. The number of hydrogen-bond acceptors (Lipinski definition) is 4. The van der Waals surface area contributed by atoms with E-state index in [1.807, 2.05) is 31.2 Å². The lowest BCUT2D eigenvalue weighted by molar-refractivity contribution is -0.115. The van der Waals surface area contributed by atoms with Crippen molar-refractivity contribution in [3.63, 3.8) is 0 Å². The molecule has 0 aliphatic heterocycles. The summed E-state index contributed by atoms with van der Waals surface area (Å²) < 4.78 is 5.30. The van der Waals surface area contributed by atoms with E-state index in [1.54, 1.807) is 31.4 Å². The van der Waals surface area contributed by atoms with Gasteiger partial charge >= 0.3 is 0 Å². The molecule has 1 unspecified atom stereocenters. The molecule has 0 saturated carbocycles. The minimum Gasteiger partial charge on any atom is -0.496 e. The van der Waals surface area contributed by atoms with E-state index < -0.39 is 0 Å². The summed E-state index contributed by atoms with van der Waals surface area (Å²) in [7, 11) is 1.60. The van der Waals surface area contributed by atoms with Gasteiger partial charge in [-0.1, -0.05) is 24.3 Å². The fourth-order valence-electron chi connectivity index (χ4n) is 2.09. The van der Waals surface area contributed by atoms with E-state index in [1.165, 1.54) is 18.7 Å². The molecule has 120 valence electrons. The first-order valence-corrected chi connectivity index (χ1v) is 8.11. The first-order chi connectivity index (χ1) is 11.0. The lowest BCUT2D eigenvalue weighted by Crippen LogP contribution is -2.23. The predicted molar refractivity (Wildman–Crippen MR) is 93.4 cm³/mol. The first kappa shape index (κ1) is 17.1. The molecular weight excluding hydrogens is 310 g/mol. The van der Waals surface area contributed by atoms with Crippen LogP contribution >= 0.6 is 11.8 Å². The van der Waals surface area contributed by atoms with Gasteiger partial charge in [0.15, 0.2) is 5.78 Å². The fraction of sp³-hybridized carbons (Fsp3) is 0.222. The summed E-state index contributed by atoms with van der Waals surface area (Å²) >= 11 is 1.41. The zero-order valence-electron chi connectivity index (χ0n) is 13.3. The van der Waals surface area contributed by atoms with Crippen LogP contribution in [0.25, 0.3) is 0 Å². The number of hydrogen-bond donors (Lipinski definition) is 1. The van der Waals surface area contributed by atoms with E-state index in [4.69, 9.17) is 4.74 Å². The highest BCUT2D eigenvalue weighted by Crippen LogP contribution is 2.32. The molecule has 2 aromatic rings. The molecule has 1 N–H and O–H groups in total. The van der Waals surface area contributed by atoms with E-state index in [2.05, 4.69) is 5.32 Å². The van der Waals surface area contributed by atoms with Crippen molar-refractivity contribution < 1.29 is 14.3 Å². The molecule has 0 heterocycles. The lowest BCUT2D eigenvalue weighted by Gasteiger charge is -2.15. The Hall–Kier alpha value is -2.27. The number of anilines is 1. The number of methoxy groups -OCH3 is 1. The first-order valence-electron chi connectivity index (χ1n) is 7.23. The van der Waals surface area contributed by atoms with E-state index in [9.17, 15) is 9.59 Å². The van der Waals surface area contributed by atoms with Gasteiger partial charge in [0, 0.05) is 5.56 Å². The minimum atomic E-state index is -0.327. The van der Waals surface area contributed by atoms with Gasteiger partial charge in [-0.2, -0.15) is 0 Å². The summed E-state index contributed by atoms with van der Waals surface area (Å²) in [6, 6.07) is 14.6. The summed E-state index contributed by atoms with van der Waals surface area (Å²) in [4.78, 5) is 24.9. The Morgan fingerprint density at radius 3 is 2.43 bits per heavy atom. The number of amides is 1. The van der Waals surface area contributed by atoms with Crippen LogP contribution in [0.1, 0.15) is 24.2 Å². The maximum atomic E-state index is 12.4. The zero-order chi connectivity index (χ0) is 16.8. The molecule has 0 spiro atoms. The van der Waals surface area contributed by atoms with Crippen molar-refractivity contribution in [2.24, 2.45) is 0 Å². The van der Waals surface area contributed by atoms with Crippen molar-refractivity contribution in [2.45, 2.75) is 24.0 Å². The van der Waals surface area contributed by atoms with E-state index >= 15 is 0 Å². The molecule has 0 radical (unpaired) electrons. The molecule has 1 amide bonds. The summed E-state index contributed by atoms with van der Waals surface area (Å²) in [5.41, 5.74) is 1.05. The predicted octanol–water partition coefficient (Wildman–Crippen LogP) is 4.02. The van der Waals surface area contributed by atoms with Crippen molar-refractivity contribution in [3.05, 3.63) is 54.1 Å². The molecule has 5 heteroatoms. The van der Waals surface area contributed by atoms with E-state index in [-0.39, 0.29) is 16.9 Å². The summed E-state index contributed by atoms with van der Waals surface area (Å²) in [5.74, 6) is 0.502. The van der Waals surface area contributed by atoms with Gasteiger partial charge in [0.25, 0.3) is 0 Å². The Balaban J connectivity index is 2.10. The topological polar surface area (TPSA) is 55.4 Å². The highest BCUT2D eigenvalue weighted by molar-refractivity contribution is 8.00. The fourth-order valence-corrected chi connectivity index (χ4v) is 3.07. The van der Waals surface area contributed by atoms with Crippen LogP contribution in [0.4, 0.5) is 5.69 Å². The second-order valence-electron chi connectivity index (χ2n) is 5.00. The van der Waals surface area contributed by atoms with Crippen LogP contribution in [0.2, 0.25) is 0 Å². The average Bonchev–Trinajstić information content (AvgIpc) is 2.55. The van der Waals surface area contributed by atoms with E-state index in [0.717, 1.165) is 10.6 Å². The molecule has 2 aromatic carbocycles. The summed E-state index contributed by atoms with van der Waals surface area (Å²) in [6.45, 7) is 3.31. The number of benzene rings is 2. The number of nitrogens with one attached hydrogen (secondary N) is 1. The Morgan fingerprint density at radius 2 is 1.74 bits per heavy atom. The number of Topliss-reactive ketones (excluding diaryl/α,β-unsaturated/α-hetero) is 1. The number of para-hydroxylation sites is 2. The molecule has 4 nitrogen and oxygen atoms in total. The van der Waals surface area contributed by atoms with Gasteiger partial charge in [0.05, 0.1) is 22.9 Å². The normalized spacial score (nSPS) is 11.6. The number of carbonyl (C=O) groups is 2. The monoisotopic (exact) mass is 329 g/mol. The number of carbonyl (C=O) groups excluding carboxylic acids is 2. The quantitative estimate of drug-likeness (QED) is 0.642. The highest BCUT2D eigenvalue weighted by Gasteiger charge is 2.18. The van der Waals surface area contributed by atoms with Crippen molar-refractivity contribution in [1.82, 2.24) is 0 Å². The summed E-state index contributed by atoms with van der Waals surface area (Å²) in [5, 5.41) is 2.50. The molecular formula is C18H19NO3S. The largest absolute Gasteiger partial charge is 0.496 e. The molecule has 0 aromatic heterocycles. The molecule has 1 atom stereocenters. The third-order valence-corrected chi connectivity index (χ3v) is 4.47. The van der Waals surface area contributed by atoms with Crippen LogP contribution in [-0.2, 0) is 4.79 Å². The standard InChI is InChI=1S/C18H19NO3S/c1-12(20)14-8-4-5-9-15(14)19-18(21)13(2)23-17-11-7-6-10-16(17)22-3/h4-11,13H,1-3H3,(H,19,21). The van der Waals surface area contributed by atoms with Crippen LogP contribution in [0.5, 0.6) is 5.75 Å². The number of ether oxygens (including phenoxy) is 1. The van der Waals surface area contributed by atoms with Crippen LogP contribution in [0, 0.1) is 0 Å². The molecule has 0 saturated heterocycles. The maximum Gasteiger partial charge on any atom is 0.237 e. The van der Waals surface area contributed by atoms with E-state index in [0.29, 0.717) is 11.3 Å². The number of rotatable bonds is 6. The smallest absolute Gasteiger partial charge is 0.237 e. The average molecular weight is 329 g/mol. The number of thioether (sulfide) groups is 1. The van der Waals surface area contributed by atoms with Gasteiger partial charge in [-0.15, -0.1) is 11.8 Å². The van der Waals surface area contributed by atoms with Crippen molar-refractivity contribution in [2.75, 3.05) is 12.4 Å². The zero-order valence-corrected chi connectivity index (χ0v) is 14.1. The maximum absolute atomic E-state index is 12.4. The third-order valence-electron chi connectivity index (χ3n) is 3.31. The van der Waals surface area contributed by atoms with Gasteiger partial charge in [-0.25, -0.2) is 0 Å². The molecule has 2 rings (SSSR count). The van der Waals surface area contributed by atoms with Gasteiger partial charge in [-0.05, 0) is 38.1 Å². The van der Waals surface area contributed by atoms with Crippen molar-refractivity contribution >= 4 is 29.1 Å². The van der Waals surface area contributed by atoms with Crippen LogP contribution < -0.4 is 10.1 Å². The van der Waals surface area contributed by atoms with Crippen molar-refractivity contribution in [1.29, 1.82) is 0 Å². The Bertz CT molecular complexity index is 715. The molecule has 0 bridgehead atoms. The Morgan fingerprint density at radius 1 is 1.09 bits per heavy atom. The van der Waals surface area contributed by atoms with Crippen LogP contribution in [0.15, 0.2) is 53.4 Å². The van der Waals surface area contributed by atoms with Crippen LogP contribution in [0.3, 0.4) is 0 Å². The van der Waals surface area contributed by atoms with Gasteiger partial charge in [0.1, 0.15) is 5.75 Å². The van der Waals surface area contributed by atoms with Gasteiger partial charge < -0.3 is 10.1 Å². The van der Waals surface area contributed by atoms with Crippen molar-refractivity contribution in [3.8, 4) is 5.75 Å². The lowest BCUT2D eigenvalue weighted by atomic mass is 10.1. The number of ketones is 1. The molecule has 23 heavy (non-hydrogen) atoms. The molecule has 0 fully saturated rings. The third kappa shape index (κ3) is 4.36.